The number of amides is 1. The SMILES string of the molecule is N#CCCCOc1cccnc1NC(=O)c1ccc(CSc2nc3ccccc3s2)cc1. The molecular weight excluding hydrogens is 440 g/mol. The van der Waals surface area contributed by atoms with E-state index in [2.05, 4.69) is 27.4 Å². The third-order valence-corrected chi connectivity index (χ3v) is 6.80. The lowest BCUT2D eigenvalue weighted by molar-refractivity contribution is 0.102. The Morgan fingerprint density at radius 2 is 1.97 bits per heavy atom. The molecule has 0 bridgehead atoms. The molecule has 6 nitrogen and oxygen atoms in total. The van der Waals surface area contributed by atoms with E-state index in [1.165, 1.54) is 4.70 Å². The maximum absolute atomic E-state index is 12.7. The molecule has 0 saturated carbocycles. The molecule has 160 valence electrons. The molecule has 0 fully saturated rings. The first-order chi connectivity index (χ1) is 15.7. The van der Waals surface area contributed by atoms with Crippen LogP contribution in [0.1, 0.15) is 28.8 Å². The molecule has 0 aliphatic carbocycles. The minimum atomic E-state index is -0.254. The highest BCUT2D eigenvalue weighted by Crippen LogP contribution is 2.31. The number of nitrogens with one attached hydrogen (secondary N) is 1. The molecule has 2 aromatic heterocycles. The monoisotopic (exact) mass is 460 g/mol. The van der Waals surface area contributed by atoms with Gasteiger partial charge in [0.25, 0.3) is 5.91 Å². The number of pyridine rings is 1. The first kappa shape index (κ1) is 21.8. The Kier molecular flexibility index (Phi) is 7.33. The maximum Gasteiger partial charge on any atom is 0.256 e. The van der Waals surface area contributed by atoms with Crippen LogP contribution in [0.2, 0.25) is 0 Å². The van der Waals surface area contributed by atoms with E-state index in [4.69, 9.17) is 10.00 Å². The Hall–Kier alpha value is -3.41. The standard InChI is InChI=1S/C24H20N4O2S2/c25-13-3-4-15-30-20-7-5-14-26-22(20)28-23(29)18-11-9-17(10-12-18)16-31-24-27-19-6-1-2-8-21(19)32-24/h1-2,5-12,14H,3-4,15-16H2,(H,26,28,29). The van der Waals surface area contributed by atoms with Crippen molar-refractivity contribution in [3.63, 3.8) is 0 Å². The van der Waals surface area contributed by atoms with Crippen LogP contribution in [0.3, 0.4) is 0 Å². The number of unbranched alkanes of at least 4 members (excludes halogenated alkanes) is 1. The van der Waals surface area contributed by atoms with Gasteiger partial charge < -0.3 is 10.1 Å². The van der Waals surface area contributed by atoms with Crippen LogP contribution in [-0.4, -0.2) is 22.5 Å². The predicted octanol–water partition coefficient (Wildman–Crippen LogP) is 5.92. The Bertz CT molecular complexity index is 1220. The Balaban J connectivity index is 1.34. The summed E-state index contributed by atoms with van der Waals surface area (Å²) in [4.78, 5) is 21.5. The summed E-state index contributed by atoms with van der Waals surface area (Å²) in [5, 5.41) is 11.4. The molecule has 0 aliphatic heterocycles. The van der Waals surface area contributed by atoms with E-state index >= 15 is 0 Å². The van der Waals surface area contributed by atoms with Gasteiger partial charge in [0.1, 0.15) is 0 Å². The topological polar surface area (TPSA) is 87.9 Å². The van der Waals surface area contributed by atoms with Crippen molar-refractivity contribution in [3.8, 4) is 11.8 Å². The molecule has 1 N–H and O–H groups in total. The smallest absolute Gasteiger partial charge is 0.256 e. The number of fused-ring (bicyclic) bond motifs is 1. The lowest BCUT2D eigenvalue weighted by atomic mass is 10.1. The molecule has 1 amide bonds. The van der Waals surface area contributed by atoms with E-state index in [0.29, 0.717) is 36.6 Å². The summed E-state index contributed by atoms with van der Waals surface area (Å²) in [6, 6.07) is 21.2. The van der Waals surface area contributed by atoms with Gasteiger partial charge >= 0.3 is 0 Å². The summed E-state index contributed by atoms with van der Waals surface area (Å²) in [7, 11) is 0. The molecule has 2 aromatic carbocycles. The fraction of sp³-hybridized carbons (Fsp3) is 0.167. The number of benzene rings is 2. The highest BCUT2D eigenvalue weighted by Gasteiger charge is 2.11. The first-order valence-corrected chi connectivity index (χ1v) is 11.9. The van der Waals surface area contributed by atoms with E-state index in [9.17, 15) is 4.79 Å². The molecule has 0 unspecified atom stereocenters. The minimum absolute atomic E-state index is 0.254. The number of rotatable bonds is 9. The number of ether oxygens (including phenoxy) is 1. The van der Waals surface area contributed by atoms with Gasteiger partial charge in [-0.05, 0) is 48.4 Å². The van der Waals surface area contributed by atoms with Gasteiger partial charge in [0, 0.05) is 23.9 Å². The number of nitrogens with zero attached hydrogens (tertiary/aromatic N) is 3. The predicted molar refractivity (Wildman–Crippen MR) is 128 cm³/mol. The second-order valence-electron chi connectivity index (χ2n) is 6.85. The normalized spacial score (nSPS) is 10.6. The summed E-state index contributed by atoms with van der Waals surface area (Å²) in [6.45, 7) is 0.392. The van der Waals surface area contributed by atoms with Crippen LogP contribution in [0.25, 0.3) is 10.2 Å². The van der Waals surface area contributed by atoms with Crippen molar-refractivity contribution in [1.82, 2.24) is 9.97 Å². The third kappa shape index (κ3) is 5.63. The number of carbonyl (C=O) groups is 1. The number of thioether (sulfide) groups is 1. The molecule has 2 heterocycles. The molecule has 0 spiro atoms. The van der Waals surface area contributed by atoms with Crippen molar-refractivity contribution in [2.24, 2.45) is 0 Å². The lowest BCUT2D eigenvalue weighted by Gasteiger charge is -2.11. The van der Waals surface area contributed by atoms with Crippen LogP contribution < -0.4 is 10.1 Å². The van der Waals surface area contributed by atoms with Crippen molar-refractivity contribution < 1.29 is 9.53 Å². The zero-order valence-corrected chi connectivity index (χ0v) is 18.8. The molecule has 8 heteroatoms. The van der Waals surface area contributed by atoms with E-state index in [1.807, 2.05) is 30.3 Å². The molecule has 0 saturated heterocycles. The molecule has 0 radical (unpaired) electrons. The molecule has 0 aliphatic rings. The second-order valence-corrected chi connectivity index (χ2v) is 9.10. The molecule has 32 heavy (non-hydrogen) atoms. The van der Waals surface area contributed by atoms with Gasteiger partial charge in [-0.25, -0.2) is 9.97 Å². The van der Waals surface area contributed by atoms with Crippen LogP contribution in [0.5, 0.6) is 5.75 Å². The van der Waals surface area contributed by atoms with Crippen molar-refractivity contribution in [2.45, 2.75) is 22.9 Å². The average molecular weight is 461 g/mol. The minimum Gasteiger partial charge on any atom is -0.490 e. The van der Waals surface area contributed by atoms with Crippen LogP contribution in [0, 0.1) is 11.3 Å². The Morgan fingerprint density at radius 1 is 1.12 bits per heavy atom. The van der Waals surface area contributed by atoms with Crippen LogP contribution in [0.15, 0.2) is 71.2 Å². The lowest BCUT2D eigenvalue weighted by Crippen LogP contribution is -2.14. The number of hydrogen-bond donors (Lipinski definition) is 1. The van der Waals surface area contributed by atoms with E-state index in [0.717, 1.165) is 21.2 Å². The largest absolute Gasteiger partial charge is 0.490 e. The van der Waals surface area contributed by atoms with Crippen molar-refractivity contribution in [3.05, 3.63) is 78.0 Å². The quantitative estimate of drug-likeness (QED) is 0.246. The van der Waals surface area contributed by atoms with Crippen molar-refractivity contribution in [2.75, 3.05) is 11.9 Å². The summed E-state index contributed by atoms with van der Waals surface area (Å²) >= 11 is 3.38. The van der Waals surface area contributed by atoms with Crippen molar-refractivity contribution >= 4 is 45.0 Å². The van der Waals surface area contributed by atoms with Gasteiger partial charge in [-0.3, -0.25) is 4.79 Å². The zero-order valence-electron chi connectivity index (χ0n) is 17.2. The number of thiazole rings is 1. The Morgan fingerprint density at radius 3 is 2.78 bits per heavy atom. The van der Waals surface area contributed by atoms with Gasteiger partial charge in [0.2, 0.25) is 0 Å². The number of aromatic nitrogens is 2. The number of hydrogen-bond acceptors (Lipinski definition) is 7. The van der Waals surface area contributed by atoms with E-state index in [1.54, 1.807) is 53.6 Å². The highest BCUT2D eigenvalue weighted by atomic mass is 32.2. The number of nitriles is 1. The summed E-state index contributed by atoms with van der Waals surface area (Å²) in [5.74, 6) is 1.38. The maximum atomic E-state index is 12.7. The van der Waals surface area contributed by atoms with Crippen molar-refractivity contribution in [1.29, 1.82) is 5.26 Å². The summed E-state index contributed by atoms with van der Waals surface area (Å²) < 4.78 is 7.87. The van der Waals surface area contributed by atoms with Crippen LogP contribution in [0.4, 0.5) is 5.82 Å². The molecular formula is C24H20N4O2S2. The van der Waals surface area contributed by atoms with Gasteiger partial charge in [-0.15, -0.1) is 11.3 Å². The Labute approximate surface area is 194 Å². The van der Waals surface area contributed by atoms with Gasteiger partial charge in [0.15, 0.2) is 15.9 Å². The summed E-state index contributed by atoms with van der Waals surface area (Å²) in [6.07, 6.45) is 2.64. The number of para-hydroxylation sites is 1. The van der Waals surface area contributed by atoms with Gasteiger partial charge in [-0.1, -0.05) is 36.0 Å². The van der Waals surface area contributed by atoms with E-state index in [-0.39, 0.29) is 5.91 Å². The molecule has 4 aromatic rings. The number of anilines is 1. The fourth-order valence-corrected chi connectivity index (χ4v) is 4.95. The van der Waals surface area contributed by atoms with Crippen LogP contribution >= 0.6 is 23.1 Å². The fourth-order valence-electron chi connectivity index (χ4n) is 2.92. The van der Waals surface area contributed by atoms with Crippen LogP contribution in [-0.2, 0) is 5.75 Å². The summed E-state index contributed by atoms with van der Waals surface area (Å²) in [5.41, 5.74) is 2.68. The average Bonchev–Trinajstić information content (AvgIpc) is 3.25. The number of carbonyl (C=O) groups excluding carboxylic acids is 1. The zero-order chi connectivity index (χ0) is 22.2. The van der Waals surface area contributed by atoms with E-state index < -0.39 is 0 Å². The first-order valence-electron chi connectivity index (χ1n) is 10.1. The molecule has 4 rings (SSSR count). The van der Waals surface area contributed by atoms with Gasteiger partial charge in [-0.2, -0.15) is 5.26 Å². The molecule has 0 atom stereocenters. The highest BCUT2D eigenvalue weighted by molar-refractivity contribution is 8.00. The second kappa shape index (κ2) is 10.8. The third-order valence-electron chi connectivity index (χ3n) is 4.55. The van der Waals surface area contributed by atoms with Gasteiger partial charge in [0.05, 0.1) is 22.9 Å².